The molecule has 42 heavy (non-hydrogen) atoms. The molecule has 1 atom stereocenters. The van der Waals surface area contributed by atoms with Crippen LogP contribution in [0, 0.1) is 0 Å². The van der Waals surface area contributed by atoms with Crippen LogP contribution in [0.4, 0.5) is 22.7 Å². The first-order chi connectivity index (χ1) is 20.8. The first kappa shape index (κ1) is 23.1. The minimum atomic E-state index is -0.315. The number of hydrogen-bond acceptors (Lipinski definition) is 7. The monoisotopic (exact) mass is 548 g/mol. The Morgan fingerprint density at radius 2 is 1.17 bits per heavy atom. The van der Waals surface area contributed by atoms with E-state index in [1.807, 2.05) is 109 Å². The van der Waals surface area contributed by atoms with Crippen LogP contribution in [0.2, 0.25) is 0 Å². The number of rotatable bonds is 2. The Morgan fingerprint density at radius 3 is 1.71 bits per heavy atom. The number of Topliss-reactive ketones (excluding diaryl/α,β-unsaturated/α-hetero) is 1. The van der Waals surface area contributed by atoms with Crippen molar-refractivity contribution in [3.63, 3.8) is 0 Å². The lowest BCUT2D eigenvalue weighted by Crippen LogP contribution is -2.38. The second-order valence-electron chi connectivity index (χ2n) is 10.6. The van der Waals surface area contributed by atoms with Gasteiger partial charge in [-0.05, 0) is 66.9 Å². The second-order valence-corrected chi connectivity index (χ2v) is 10.6. The van der Waals surface area contributed by atoms with Crippen LogP contribution in [-0.2, 0) is 4.79 Å². The van der Waals surface area contributed by atoms with Gasteiger partial charge in [0.2, 0.25) is 0 Å². The van der Waals surface area contributed by atoms with Crippen molar-refractivity contribution in [3.8, 4) is 23.0 Å². The summed E-state index contributed by atoms with van der Waals surface area (Å²) >= 11 is 0. The highest BCUT2D eigenvalue weighted by molar-refractivity contribution is 6.18. The van der Waals surface area contributed by atoms with Crippen molar-refractivity contribution in [1.82, 2.24) is 10.6 Å². The highest BCUT2D eigenvalue weighted by Crippen LogP contribution is 2.53. The molecule has 5 aliphatic rings. The number of nitrogens with zero attached hydrogens (tertiary/aromatic N) is 2. The maximum Gasteiger partial charge on any atom is 0.197 e. The van der Waals surface area contributed by atoms with E-state index in [1.54, 1.807) is 0 Å². The van der Waals surface area contributed by atoms with Crippen LogP contribution >= 0.6 is 0 Å². The van der Waals surface area contributed by atoms with Gasteiger partial charge in [0.15, 0.2) is 28.8 Å². The number of hydrogen-bond donors (Lipinski definition) is 2. The zero-order valence-corrected chi connectivity index (χ0v) is 22.4. The van der Waals surface area contributed by atoms with E-state index in [0.717, 1.165) is 62.8 Å². The first-order valence-corrected chi connectivity index (χ1v) is 14.0. The van der Waals surface area contributed by atoms with Crippen LogP contribution in [0.15, 0.2) is 144 Å². The number of ketones is 1. The molecular formula is C35H24N4O3. The Balaban J connectivity index is 1.22. The summed E-state index contributed by atoms with van der Waals surface area (Å²) in [4.78, 5) is 19.0. The van der Waals surface area contributed by atoms with Gasteiger partial charge in [-0.25, -0.2) is 0 Å². The van der Waals surface area contributed by atoms with E-state index in [9.17, 15) is 4.79 Å². The van der Waals surface area contributed by atoms with Gasteiger partial charge in [0.25, 0.3) is 0 Å². The third-order valence-corrected chi connectivity index (χ3v) is 8.29. The molecule has 4 aliphatic heterocycles. The number of carbonyl (C=O) groups is 1. The molecule has 2 N–H and O–H groups in total. The van der Waals surface area contributed by atoms with Crippen LogP contribution in [-0.4, -0.2) is 18.4 Å². The van der Waals surface area contributed by atoms with Crippen LogP contribution in [0.1, 0.15) is 0 Å². The van der Waals surface area contributed by atoms with Gasteiger partial charge in [0.1, 0.15) is 0 Å². The van der Waals surface area contributed by atoms with Crippen LogP contribution in [0.5, 0.6) is 23.0 Å². The molecule has 4 aromatic carbocycles. The molecule has 0 fully saturated rings. The summed E-state index contributed by atoms with van der Waals surface area (Å²) in [6, 6.07) is 31.5. The average Bonchev–Trinajstić information content (AvgIpc) is 3.34. The van der Waals surface area contributed by atoms with E-state index in [-0.39, 0.29) is 11.8 Å². The molecule has 4 aromatic rings. The standard InChI is InChI=1S/C35H24N4O3/c40-35-31-25(38-21-9-1-5-13-27(21)41-28-14-6-2-10-22(28)38)17-19-36-33(31)34-32(35)26(18-20-37-34)39-23-11-3-7-15-29(23)42-30-16-8-4-12-24(30)39/h1-19,33,36-37H,20H2. The van der Waals surface area contributed by atoms with Gasteiger partial charge in [-0.1, -0.05) is 48.5 Å². The van der Waals surface area contributed by atoms with Crippen molar-refractivity contribution < 1.29 is 14.3 Å². The molecule has 0 saturated heterocycles. The number of fused-ring (bicyclic) bond motifs is 6. The molecule has 9 rings (SSSR count). The molecule has 4 heterocycles. The predicted octanol–water partition coefficient (Wildman–Crippen LogP) is 6.94. The van der Waals surface area contributed by atoms with Crippen LogP contribution in [0.25, 0.3) is 0 Å². The summed E-state index contributed by atoms with van der Waals surface area (Å²) in [5, 5.41) is 7.02. The number of benzene rings is 4. The molecule has 1 aliphatic carbocycles. The summed E-state index contributed by atoms with van der Waals surface area (Å²) in [6.45, 7) is 0.594. The number of allylic oxidation sites excluding steroid dienone is 2. The van der Waals surface area contributed by atoms with Gasteiger partial charge in [0.05, 0.1) is 57.0 Å². The molecule has 7 heteroatoms. The zero-order chi connectivity index (χ0) is 27.8. The maximum absolute atomic E-state index is 14.7. The lowest BCUT2D eigenvalue weighted by atomic mass is 9.98. The first-order valence-electron chi connectivity index (χ1n) is 14.0. The number of dihydropyridines is 2. The quantitative estimate of drug-likeness (QED) is 0.281. The Morgan fingerprint density at radius 1 is 0.667 bits per heavy atom. The normalized spacial score (nSPS) is 19.2. The Labute approximate surface area is 242 Å². The molecule has 202 valence electrons. The molecule has 0 radical (unpaired) electrons. The molecule has 7 nitrogen and oxygen atoms in total. The number of nitrogens with one attached hydrogen (secondary N) is 2. The predicted molar refractivity (Wildman–Crippen MR) is 161 cm³/mol. The smallest absolute Gasteiger partial charge is 0.197 e. The number of carbonyl (C=O) groups excluding carboxylic acids is 1. The lowest BCUT2D eigenvalue weighted by Gasteiger charge is -2.36. The highest BCUT2D eigenvalue weighted by atomic mass is 16.5. The third kappa shape index (κ3) is 3.13. The lowest BCUT2D eigenvalue weighted by molar-refractivity contribution is -0.111. The van der Waals surface area contributed by atoms with E-state index in [0.29, 0.717) is 17.7 Å². The number of ether oxygens (including phenoxy) is 2. The summed E-state index contributed by atoms with van der Waals surface area (Å²) in [5.41, 5.74) is 7.49. The van der Waals surface area contributed by atoms with Gasteiger partial charge >= 0.3 is 0 Å². The SMILES string of the molecule is O=C1C2=C(NCC=C2N2c3ccccc3Oc3ccccc32)C2NC=CC(N3c4ccccc4Oc4ccccc43)=C12. The highest BCUT2D eigenvalue weighted by Gasteiger charge is 2.46. The molecular weight excluding hydrogens is 524 g/mol. The van der Waals surface area contributed by atoms with E-state index in [1.165, 1.54) is 0 Å². The van der Waals surface area contributed by atoms with Crippen molar-refractivity contribution in [2.45, 2.75) is 6.04 Å². The summed E-state index contributed by atoms with van der Waals surface area (Å²) in [7, 11) is 0. The fourth-order valence-electron chi connectivity index (χ4n) is 6.55. The molecule has 1 unspecified atom stereocenters. The number of anilines is 4. The average molecular weight is 549 g/mol. The van der Waals surface area contributed by atoms with Gasteiger partial charge in [0, 0.05) is 6.54 Å². The van der Waals surface area contributed by atoms with Crippen molar-refractivity contribution in [1.29, 1.82) is 0 Å². The minimum Gasteiger partial charge on any atom is -0.453 e. The summed E-state index contributed by atoms with van der Waals surface area (Å²) in [5.74, 6) is 2.99. The van der Waals surface area contributed by atoms with E-state index >= 15 is 0 Å². The van der Waals surface area contributed by atoms with E-state index in [2.05, 4.69) is 26.5 Å². The zero-order valence-electron chi connectivity index (χ0n) is 22.4. The van der Waals surface area contributed by atoms with Crippen molar-refractivity contribution in [2.75, 3.05) is 16.3 Å². The fraction of sp³-hybridized carbons (Fsp3) is 0.0571. The molecule has 0 spiro atoms. The fourth-order valence-corrected chi connectivity index (χ4v) is 6.55. The maximum atomic E-state index is 14.7. The van der Waals surface area contributed by atoms with Crippen molar-refractivity contribution >= 4 is 28.5 Å². The van der Waals surface area contributed by atoms with E-state index in [4.69, 9.17) is 9.47 Å². The van der Waals surface area contributed by atoms with Gasteiger partial charge in [-0.2, -0.15) is 0 Å². The molecule has 0 amide bonds. The Bertz CT molecular complexity index is 1880. The minimum absolute atomic E-state index is 0.0109. The Hall–Kier alpha value is -5.69. The van der Waals surface area contributed by atoms with E-state index < -0.39 is 0 Å². The third-order valence-electron chi connectivity index (χ3n) is 8.29. The van der Waals surface area contributed by atoms with Gasteiger partial charge in [-0.3, -0.25) is 4.79 Å². The summed E-state index contributed by atoms with van der Waals surface area (Å²) in [6.07, 6.45) is 6.02. The van der Waals surface area contributed by atoms with Gasteiger partial charge in [-0.15, -0.1) is 0 Å². The van der Waals surface area contributed by atoms with Gasteiger partial charge < -0.3 is 29.9 Å². The molecule has 0 aromatic heterocycles. The Kier molecular flexibility index (Phi) is 4.75. The second kappa shape index (κ2) is 8.65. The molecule has 0 bridgehead atoms. The molecule has 0 saturated carbocycles. The topological polar surface area (TPSA) is 66.1 Å². The van der Waals surface area contributed by atoms with Crippen molar-refractivity contribution in [2.24, 2.45) is 0 Å². The number of para-hydroxylation sites is 8. The summed E-state index contributed by atoms with van der Waals surface area (Å²) < 4.78 is 12.5. The van der Waals surface area contributed by atoms with Crippen LogP contribution < -0.4 is 29.9 Å². The van der Waals surface area contributed by atoms with Crippen molar-refractivity contribution in [3.05, 3.63) is 144 Å². The van der Waals surface area contributed by atoms with Crippen LogP contribution in [0.3, 0.4) is 0 Å². The largest absolute Gasteiger partial charge is 0.453 e.